The summed E-state index contributed by atoms with van der Waals surface area (Å²) in [6, 6.07) is 16.5. The zero-order valence-corrected chi connectivity index (χ0v) is 27.7. The molecule has 0 spiro atoms. The van der Waals surface area contributed by atoms with Crippen molar-refractivity contribution in [2.24, 2.45) is 0 Å². The summed E-state index contributed by atoms with van der Waals surface area (Å²) < 4.78 is 35.1. The van der Waals surface area contributed by atoms with Crippen LogP contribution < -0.4 is 14.4 Å². The van der Waals surface area contributed by atoms with Crippen LogP contribution in [-0.2, 0) is 26.2 Å². The number of hydrogen-bond acceptors (Lipinski definition) is 5. The van der Waals surface area contributed by atoms with Gasteiger partial charge in [0.1, 0.15) is 18.3 Å². The maximum absolute atomic E-state index is 14.0. The molecule has 226 valence electrons. The normalized spacial score (nSPS) is 12.7. The summed E-state index contributed by atoms with van der Waals surface area (Å²) >= 11 is 15.6. The van der Waals surface area contributed by atoms with Crippen LogP contribution in [0.5, 0.6) is 5.75 Å². The van der Waals surface area contributed by atoms with Crippen LogP contribution in [0.15, 0.2) is 76.1 Å². The smallest absolute Gasteiger partial charge is 0.264 e. The van der Waals surface area contributed by atoms with Crippen molar-refractivity contribution in [1.82, 2.24) is 10.2 Å². The van der Waals surface area contributed by atoms with Crippen molar-refractivity contribution in [1.29, 1.82) is 0 Å². The monoisotopic (exact) mass is 697 g/mol. The van der Waals surface area contributed by atoms with Gasteiger partial charge < -0.3 is 15.0 Å². The molecule has 2 amide bonds. The summed E-state index contributed by atoms with van der Waals surface area (Å²) in [5.41, 5.74) is 0.894. The summed E-state index contributed by atoms with van der Waals surface area (Å²) in [7, 11) is -4.19. The molecule has 0 aliphatic heterocycles. The maximum atomic E-state index is 14.0. The number of anilines is 1. The number of ether oxygens (including phenoxy) is 1. The minimum absolute atomic E-state index is 0.000262. The molecule has 3 aromatic rings. The first-order chi connectivity index (χ1) is 19.9. The van der Waals surface area contributed by atoms with Crippen LogP contribution in [0, 0.1) is 0 Å². The highest BCUT2D eigenvalue weighted by atomic mass is 79.9. The van der Waals surface area contributed by atoms with E-state index in [1.165, 1.54) is 17.0 Å². The molecule has 0 heterocycles. The Morgan fingerprint density at radius 2 is 1.60 bits per heavy atom. The summed E-state index contributed by atoms with van der Waals surface area (Å²) in [5, 5.41) is 3.55. The van der Waals surface area contributed by atoms with Gasteiger partial charge in [-0.1, -0.05) is 52.1 Å². The minimum atomic E-state index is -4.19. The molecule has 42 heavy (non-hydrogen) atoms. The van der Waals surface area contributed by atoms with E-state index in [0.29, 0.717) is 38.9 Å². The van der Waals surface area contributed by atoms with Crippen LogP contribution in [0.1, 0.15) is 39.7 Å². The van der Waals surface area contributed by atoms with Gasteiger partial charge in [0.05, 0.1) is 27.2 Å². The molecule has 2 atom stereocenters. The Morgan fingerprint density at radius 1 is 0.952 bits per heavy atom. The maximum Gasteiger partial charge on any atom is 0.264 e. The van der Waals surface area contributed by atoms with Crippen molar-refractivity contribution in [3.63, 3.8) is 0 Å². The predicted octanol–water partition coefficient (Wildman–Crippen LogP) is 6.68. The molecule has 0 radical (unpaired) electrons. The molecular weight excluding hydrogens is 665 g/mol. The molecule has 0 saturated carbocycles. The highest BCUT2D eigenvalue weighted by Gasteiger charge is 2.33. The highest BCUT2D eigenvalue weighted by molar-refractivity contribution is 9.10. The first kappa shape index (κ1) is 33.7. The van der Waals surface area contributed by atoms with E-state index in [-0.39, 0.29) is 29.1 Å². The topological polar surface area (TPSA) is 96.0 Å². The number of amides is 2. The van der Waals surface area contributed by atoms with E-state index >= 15 is 0 Å². The lowest BCUT2D eigenvalue weighted by Crippen LogP contribution is -2.52. The number of carbonyl (C=O) groups is 2. The number of carbonyl (C=O) groups excluding carboxylic acids is 2. The third-order valence-corrected chi connectivity index (χ3v) is 9.68. The Balaban J connectivity index is 2.04. The van der Waals surface area contributed by atoms with Crippen molar-refractivity contribution in [3.05, 3.63) is 86.8 Å². The zero-order valence-electron chi connectivity index (χ0n) is 23.8. The van der Waals surface area contributed by atoms with Gasteiger partial charge in [-0.3, -0.25) is 13.9 Å². The lowest BCUT2D eigenvalue weighted by molar-refractivity contribution is -0.139. The summed E-state index contributed by atoms with van der Waals surface area (Å²) in [6.07, 6.45) is 0.705. The summed E-state index contributed by atoms with van der Waals surface area (Å²) in [5.74, 6) is -0.381. The standard InChI is InChI=1S/C30H34BrCl2N3O5S/c1-5-20(3)34-30(38)21(4)35(18-22-7-16-27(32)28(33)17-22)29(37)19-36(24-10-12-25(13-11-24)41-6-2)42(39,40)26-14-8-23(31)9-15-26/h7-17,20-21H,5-6,18-19H2,1-4H3,(H,34,38)/t20-,21-/m0/s1. The van der Waals surface area contributed by atoms with Gasteiger partial charge in [0.25, 0.3) is 10.0 Å². The van der Waals surface area contributed by atoms with Gasteiger partial charge in [0.2, 0.25) is 11.8 Å². The molecule has 0 fully saturated rings. The molecule has 0 aliphatic carbocycles. The second kappa shape index (κ2) is 15.1. The molecule has 3 aromatic carbocycles. The Labute approximate surface area is 266 Å². The first-order valence-electron chi connectivity index (χ1n) is 13.4. The van der Waals surface area contributed by atoms with Gasteiger partial charge in [0.15, 0.2) is 0 Å². The van der Waals surface area contributed by atoms with Gasteiger partial charge in [-0.25, -0.2) is 8.42 Å². The zero-order chi connectivity index (χ0) is 31.0. The molecule has 0 saturated heterocycles. The van der Waals surface area contributed by atoms with Gasteiger partial charge in [-0.15, -0.1) is 0 Å². The molecule has 0 bridgehead atoms. The van der Waals surface area contributed by atoms with E-state index in [2.05, 4.69) is 21.2 Å². The van der Waals surface area contributed by atoms with Crippen LogP contribution in [0.3, 0.4) is 0 Å². The Hall–Kier alpha value is -2.79. The Bertz CT molecular complexity index is 1490. The number of benzene rings is 3. The van der Waals surface area contributed by atoms with Crippen LogP contribution in [0.4, 0.5) is 5.69 Å². The number of nitrogens with one attached hydrogen (secondary N) is 1. The minimum Gasteiger partial charge on any atom is -0.494 e. The average Bonchev–Trinajstić information content (AvgIpc) is 2.96. The number of nitrogens with zero attached hydrogens (tertiary/aromatic N) is 2. The second-order valence-electron chi connectivity index (χ2n) is 9.66. The molecular formula is C30H34BrCl2N3O5S. The van der Waals surface area contributed by atoms with Crippen molar-refractivity contribution >= 4 is 66.7 Å². The number of halogens is 3. The summed E-state index contributed by atoms with van der Waals surface area (Å²) in [6.45, 7) is 7.15. The predicted molar refractivity (Wildman–Crippen MR) is 171 cm³/mol. The van der Waals surface area contributed by atoms with Crippen molar-refractivity contribution < 1.29 is 22.7 Å². The number of rotatable bonds is 13. The van der Waals surface area contributed by atoms with Crippen molar-refractivity contribution in [3.8, 4) is 5.75 Å². The molecule has 0 unspecified atom stereocenters. The van der Waals surface area contributed by atoms with Crippen LogP contribution in [0.25, 0.3) is 0 Å². The van der Waals surface area contributed by atoms with Crippen LogP contribution in [0.2, 0.25) is 10.0 Å². The van der Waals surface area contributed by atoms with E-state index in [9.17, 15) is 18.0 Å². The third-order valence-electron chi connectivity index (χ3n) is 6.62. The van der Waals surface area contributed by atoms with E-state index in [0.717, 1.165) is 4.31 Å². The van der Waals surface area contributed by atoms with E-state index < -0.39 is 28.5 Å². The fraction of sp³-hybridized carbons (Fsp3) is 0.333. The molecule has 0 aromatic heterocycles. The quantitative estimate of drug-likeness (QED) is 0.215. The van der Waals surface area contributed by atoms with E-state index in [4.69, 9.17) is 27.9 Å². The molecule has 1 N–H and O–H groups in total. The molecule has 8 nitrogen and oxygen atoms in total. The SMILES string of the molecule is CCOc1ccc(N(CC(=O)N(Cc2ccc(Cl)c(Cl)c2)[C@@H](C)C(=O)N[C@@H](C)CC)S(=O)(=O)c2ccc(Br)cc2)cc1. The van der Waals surface area contributed by atoms with E-state index in [1.807, 2.05) is 20.8 Å². The third kappa shape index (κ3) is 8.63. The Kier molecular flexibility index (Phi) is 12.1. The largest absolute Gasteiger partial charge is 0.494 e. The molecule has 3 rings (SSSR count). The van der Waals surface area contributed by atoms with E-state index in [1.54, 1.807) is 61.5 Å². The first-order valence-corrected chi connectivity index (χ1v) is 16.4. The lowest BCUT2D eigenvalue weighted by Gasteiger charge is -2.32. The van der Waals surface area contributed by atoms with Gasteiger partial charge >= 0.3 is 0 Å². The number of sulfonamides is 1. The second-order valence-corrected chi connectivity index (χ2v) is 13.2. The van der Waals surface area contributed by atoms with Gasteiger partial charge in [-0.2, -0.15) is 0 Å². The highest BCUT2D eigenvalue weighted by Crippen LogP contribution is 2.28. The Morgan fingerprint density at radius 3 is 2.17 bits per heavy atom. The van der Waals surface area contributed by atoms with Gasteiger partial charge in [0, 0.05) is 17.1 Å². The fourth-order valence-corrected chi connectivity index (χ4v) is 6.02. The fourth-order valence-electron chi connectivity index (χ4n) is 4.02. The van der Waals surface area contributed by atoms with Crippen molar-refractivity contribution in [2.45, 2.75) is 57.6 Å². The molecule has 12 heteroatoms. The summed E-state index contributed by atoms with van der Waals surface area (Å²) in [4.78, 5) is 28.6. The molecule has 0 aliphatic rings. The van der Waals surface area contributed by atoms with Gasteiger partial charge in [-0.05, 0) is 93.4 Å². The average molecular weight is 699 g/mol. The lowest BCUT2D eigenvalue weighted by atomic mass is 10.1. The van der Waals surface area contributed by atoms with Crippen molar-refractivity contribution in [2.75, 3.05) is 17.5 Å². The van der Waals surface area contributed by atoms with Crippen LogP contribution >= 0.6 is 39.1 Å². The van der Waals surface area contributed by atoms with Crippen LogP contribution in [-0.4, -0.2) is 50.4 Å². The number of hydrogen-bond donors (Lipinski definition) is 1.